The molecule has 0 saturated carbocycles. The van der Waals surface area contributed by atoms with Crippen LogP contribution in [0.1, 0.15) is 56.7 Å². The number of aromatic nitrogens is 4. The minimum Gasteiger partial charge on any atom is -0.352 e. The average Bonchev–Trinajstić information content (AvgIpc) is 3.62. The van der Waals surface area contributed by atoms with Crippen LogP contribution in [-0.4, -0.2) is 19.9 Å². The van der Waals surface area contributed by atoms with Gasteiger partial charge in [0, 0.05) is 21.2 Å². The standard InChI is InChI=1S/C32H8N14S/c33-7-18(28-22(9-35)41-26(13-39)42-23(28)10-36)20-3-1-15-16-5-6-47-32(16)17-2-4-21(46-31(17)30(15)45-20)19(8-34)29-24(11-37)43-27(14-40)44-25(29)12-38/h1-6,45-46H/b20-18+,21-19+. The van der Waals surface area contributed by atoms with Gasteiger partial charge in [0.05, 0.1) is 45.0 Å². The summed E-state index contributed by atoms with van der Waals surface area (Å²) in [5.74, 6) is -0.794. The summed E-state index contributed by atoms with van der Waals surface area (Å²) < 4.78 is 0.899. The highest BCUT2D eigenvalue weighted by atomic mass is 32.1. The van der Waals surface area contributed by atoms with Crippen LogP contribution in [-0.2, 0) is 0 Å². The molecule has 0 bridgehead atoms. The van der Waals surface area contributed by atoms with Crippen molar-refractivity contribution in [1.82, 2.24) is 19.9 Å². The molecule has 0 radical (unpaired) electrons. The second kappa shape index (κ2) is 11.5. The van der Waals surface area contributed by atoms with Crippen molar-refractivity contribution in [3.63, 3.8) is 0 Å². The molecule has 15 heteroatoms. The molecular weight excluding hydrogens is 613 g/mol. The molecule has 5 heterocycles. The van der Waals surface area contributed by atoms with Gasteiger partial charge in [-0.3, -0.25) is 0 Å². The third-order valence-corrected chi connectivity index (χ3v) is 7.99. The van der Waals surface area contributed by atoms with Crippen LogP contribution in [0.5, 0.6) is 0 Å². The van der Waals surface area contributed by atoms with E-state index in [1.807, 2.05) is 47.9 Å². The zero-order chi connectivity index (χ0) is 33.2. The van der Waals surface area contributed by atoms with Gasteiger partial charge >= 0.3 is 0 Å². The lowest BCUT2D eigenvalue weighted by atomic mass is 9.92. The monoisotopic (exact) mass is 620 g/mol. The number of rotatable bonds is 2. The number of anilines is 2. The summed E-state index contributed by atoms with van der Waals surface area (Å²) in [6.07, 6.45) is 6.72. The number of benzene rings is 1. The Kier molecular flexibility index (Phi) is 7.07. The summed E-state index contributed by atoms with van der Waals surface area (Å²) in [5, 5.41) is 87.4. The molecule has 2 aliphatic heterocycles. The highest BCUT2D eigenvalue weighted by molar-refractivity contribution is 7.17. The van der Waals surface area contributed by atoms with Crippen molar-refractivity contribution in [3.8, 4) is 48.6 Å². The second-order valence-corrected chi connectivity index (χ2v) is 10.3. The van der Waals surface area contributed by atoms with Crippen LogP contribution >= 0.6 is 11.3 Å². The molecule has 14 nitrogen and oxygen atoms in total. The minimum absolute atomic E-state index is 0.128. The molecule has 2 N–H and O–H groups in total. The van der Waals surface area contributed by atoms with Crippen molar-refractivity contribution >= 4 is 56.1 Å². The molecule has 0 aliphatic carbocycles. The Morgan fingerprint density at radius 1 is 0.553 bits per heavy atom. The Balaban J connectivity index is 1.59. The molecule has 0 atom stereocenters. The van der Waals surface area contributed by atoms with Crippen LogP contribution in [0.15, 0.2) is 35.0 Å². The van der Waals surface area contributed by atoms with E-state index in [1.165, 1.54) is 11.3 Å². The number of nitriles is 8. The number of hydrogen-bond donors (Lipinski definition) is 2. The van der Waals surface area contributed by atoms with Crippen molar-refractivity contribution in [2.75, 3.05) is 10.6 Å². The summed E-state index contributed by atoms with van der Waals surface area (Å²) in [7, 11) is 0. The second-order valence-electron chi connectivity index (χ2n) is 9.37. The largest absolute Gasteiger partial charge is 0.352 e. The van der Waals surface area contributed by atoms with Gasteiger partial charge in [0.25, 0.3) is 0 Å². The number of nitrogens with zero attached hydrogens (tertiary/aromatic N) is 12. The zero-order valence-corrected chi connectivity index (χ0v) is 24.1. The first kappa shape index (κ1) is 28.9. The van der Waals surface area contributed by atoms with Gasteiger partial charge in [-0.25, -0.2) is 19.9 Å². The molecule has 47 heavy (non-hydrogen) atoms. The third kappa shape index (κ3) is 4.50. The van der Waals surface area contributed by atoms with Crippen molar-refractivity contribution in [1.29, 1.82) is 42.1 Å². The van der Waals surface area contributed by atoms with Crippen LogP contribution < -0.4 is 10.6 Å². The van der Waals surface area contributed by atoms with E-state index in [4.69, 9.17) is 0 Å². The fraction of sp³-hybridized carbons (Fsp3) is 0. The highest BCUT2D eigenvalue weighted by Crippen LogP contribution is 2.47. The lowest BCUT2D eigenvalue weighted by Crippen LogP contribution is -2.15. The molecule has 3 aromatic heterocycles. The molecule has 0 saturated heterocycles. The van der Waals surface area contributed by atoms with E-state index in [1.54, 1.807) is 36.4 Å². The van der Waals surface area contributed by atoms with Gasteiger partial charge in [-0.05, 0) is 29.7 Å². The molecule has 212 valence electrons. The fourth-order valence-electron chi connectivity index (χ4n) is 5.14. The maximum absolute atomic E-state index is 10.3. The summed E-state index contributed by atoms with van der Waals surface area (Å²) in [6.45, 7) is 0. The predicted molar refractivity (Wildman–Crippen MR) is 165 cm³/mol. The van der Waals surface area contributed by atoms with Crippen molar-refractivity contribution < 1.29 is 0 Å². The first-order chi connectivity index (χ1) is 22.9. The van der Waals surface area contributed by atoms with E-state index in [0.29, 0.717) is 11.4 Å². The molecule has 0 spiro atoms. The number of allylic oxidation sites excluding steroid dienone is 4. The Hall–Kier alpha value is -8.18. The number of fused-ring (bicyclic) bond motifs is 6. The van der Waals surface area contributed by atoms with E-state index in [-0.39, 0.29) is 56.4 Å². The molecule has 6 rings (SSSR count). The molecule has 2 aliphatic rings. The van der Waals surface area contributed by atoms with Crippen molar-refractivity contribution in [3.05, 3.63) is 91.7 Å². The number of thiophene rings is 1. The van der Waals surface area contributed by atoms with Crippen LogP contribution in [0.25, 0.3) is 33.4 Å². The molecule has 1 aromatic carbocycles. The quantitative estimate of drug-likeness (QED) is 0.293. The lowest BCUT2D eigenvalue weighted by molar-refractivity contribution is 1.06. The van der Waals surface area contributed by atoms with E-state index in [0.717, 1.165) is 21.2 Å². The topological polar surface area (TPSA) is 266 Å². The summed E-state index contributed by atoms with van der Waals surface area (Å²) >= 11 is 1.47. The van der Waals surface area contributed by atoms with E-state index >= 15 is 0 Å². The normalized spacial score (nSPS) is 14.0. The lowest BCUT2D eigenvalue weighted by Gasteiger charge is -2.27. The summed E-state index contributed by atoms with van der Waals surface area (Å²) in [6, 6.07) is 16.7. The molecule has 0 unspecified atom stereocenters. The molecule has 4 aromatic rings. The van der Waals surface area contributed by atoms with E-state index < -0.39 is 11.6 Å². The Morgan fingerprint density at radius 3 is 1.38 bits per heavy atom. The van der Waals surface area contributed by atoms with Gasteiger partial charge in [-0.15, -0.1) is 11.3 Å². The fourth-order valence-corrected chi connectivity index (χ4v) is 6.08. The Labute approximate surface area is 268 Å². The van der Waals surface area contributed by atoms with Gasteiger partial charge in [-0.1, -0.05) is 6.08 Å². The van der Waals surface area contributed by atoms with Crippen LogP contribution in [0.2, 0.25) is 0 Å². The summed E-state index contributed by atoms with van der Waals surface area (Å²) in [4.78, 5) is 15.5. The van der Waals surface area contributed by atoms with Gasteiger partial charge < -0.3 is 10.6 Å². The van der Waals surface area contributed by atoms with E-state index in [2.05, 4.69) is 30.6 Å². The highest BCUT2D eigenvalue weighted by Gasteiger charge is 2.29. The SMILES string of the molecule is N#C/C(=C1/C=Cc2c(c3c(c4sccc24)C=C/C(=C(/C#N)c2c(C#N)nc(C#N)nc2C#N)N3)N1)c1c(C#N)nc(C#N)nc1C#N. The first-order valence-corrected chi connectivity index (χ1v) is 13.8. The van der Waals surface area contributed by atoms with Gasteiger partial charge in [0.15, 0.2) is 22.8 Å². The predicted octanol–water partition coefficient (Wildman–Crippen LogP) is 4.46. The Bertz CT molecular complexity index is 2360. The zero-order valence-electron chi connectivity index (χ0n) is 23.2. The molecule has 0 amide bonds. The maximum atomic E-state index is 10.3. The van der Waals surface area contributed by atoms with Crippen LogP contribution in [0, 0.1) is 90.6 Å². The third-order valence-electron chi connectivity index (χ3n) is 7.05. The van der Waals surface area contributed by atoms with Crippen molar-refractivity contribution in [2.24, 2.45) is 0 Å². The van der Waals surface area contributed by atoms with Crippen LogP contribution in [0.3, 0.4) is 0 Å². The van der Waals surface area contributed by atoms with Gasteiger partial charge in [-0.2, -0.15) is 42.1 Å². The van der Waals surface area contributed by atoms with Crippen LogP contribution in [0.4, 0.5) is 11.4 Å². The summed E-state index contributed by atoms with van der Waals surface area (Å²) in [5.41, 5.74) is 0.915. The van der Waals surface area contributed by atoms with Gasteiger partial charge in [0.2, 0.25) is 11.6 Å². The molecular formula is C32H8N14S. The smallest absolute Gasteiger partial charge is 0.234 e. The number of nitrogens with one attached hydrogen (secondary N) is 2. The Morgan fingerprint density at radius 2 is 0.979 bits per heavy atom. The number of hydrogen-bond acceptors (Lipinski definition) is 15. The van der Waals surface area contributed by atoms with E-state index in [9.17, 15) is 42.1 Å². The average molecular weight is 621 g/mol. The van der Waals surface area contributed by atoms with Gasteiger partial charge in [0.1, 0.15) is 48.6 Å². The van der Waals surface area contributed by atoms with Crippen molar-refractivity contribution in [2.45, 2.75) is 0 Å². The minimum atomic E-state index is -0.397. The molecule has 0 fully saturated rings. The first-order valence-electron chi connectivity index (χ1n) is 13.0. The maximum Gasteiger partial charge on any atom is 0.234 e.